The Labute approximate surface area is 190 Å². The molecule has 0 aliphatic carbocycles. The average molecular weight is 427 g/mol. The monoisotopic (exact) mass is 426 g/mol. The Morgan fingerprint density at radius 1 is 0.812 bits per heavy atom. The highest BCUT2D eigenvalue weighted by Gasteiger charge is 2.34. The van der Waals surface area contributed by atoms with Gasteiger partial charge in [0, 0.05) is 31.2 Å². The van der Waals surface area contributed by atoms with Gasteiger partial charge in [-0.2, -0.15) is 0 Å². The molecule has 1 fully saturated rings. The summed E-state index contributed by atoms with van der Waals surface area (Å²) in [5, 5.41) is 0. The van der Waals surface area contributed by atoms with Crippen molar-refractivity contribution in [3.63, 3.8) is 0 Å². The van der Waals surface area contributed by atoms with Gasteiger partial charge in [0.2, 0.25) is 5.91 Å². The zero-order valence-electron chi connectivity index (χ0n) is 18.4. The number of likely N-dealkylation sites (tertiary alicyclic amines) is 1. The van der Waals surface area contributed by atoms with Crippen molar-refractivity contribution in [2.75, 3.05) is 18.0 Å². The van der Waals surface area contributed by atoms with Gasteiger partial charge in [0.05, 0.1) is 6.61 Å². The summed E-state index contributed by atoms with van der Waals surface area (Å²) < 4.78 is 6.46. The van der Waals surface area contributed by atoms with E-state index in [2.05, 4.69) is 76.5 Å². The Hall–Kier alpha value is -2.95. The van der Waals surface area contributed by atoms with Crippen molar-refractivity contribution < 1.29 is 9.53 Å². The van der Waals surface area contributed by atoms with Crippen LogP contribution in [0.25, 0.3) is 0 Å². The lowest BCUT2D eigenvalue weighted by Gasteiger charge is -2.43. The lowest BCUT2D eigenvalue weighted by atomic mass is 9.95. The molecule has 2 aliphatic heterocycles. The average Bonchev–Trinajstić information content (AvgIpc) is 2.86. The zero-order chi connectivity index (χ0) is 21.8. The predicted molar refractivity (Wildman–Crippen MR) is 127 cm³/mol. The van der Waals surface area contributed by atoms with E-state index in [4.69, 9.17) is 4.74 Å². The zero-order valence-corrected chi connectivity index (χ0v) is 18.4. The van der Waals surface area contributed by atoms with Crippen LogP contribution >= 0.6 is 0 Å². The van der Waals surface area contributed by atoms with Crippen LogP contribution in [0.1, 0.15) is 42.2 Å². The molecule has 0 radical (unpaired) electrons. The van der Waals surface area contributed by atoms with Crippen molar-refractivity contribution in [2.45, 2.75) is 44.6 Å². The maximum absolute atomic E-state index is 12.8. The first kappa shape index (κ1) is 20.9. The number of aryl methyl sites for hydroxylation is 1. The van der Waals surface area contributed by atoms with E-state index in [0.29, 0.717) is 13.0 Å². The fourth-order valence-corrected chi connectivity index (χ4v) is 5.01. The van der Waals surface area contributed by atoms with E-state index in [0.717, 1.165) is 38.0 Å². The molecule has 5 rings (SSSR count). The number of hydrogen-bond acceptors (Lipinski definition) is 3. The molecule has 1 atom stereocenters. The summed E-state index contributed by atoms with van der Waals surface area (Å²) in [6.45, 7) is 2.40. The molecule has 0 saturated carbocycles. The van der Waals surface area contributed by atoms with E-state index in [1.54, 1.807) is 0 Å². The molecule has 0 bridgehead atoms. The van der Waals surface area contributed by atoms with E-state index in [1.807, 2.05) is 18.2 Å². The van der Waals surface area contributed by atoms with Gasteiger partial charge in [-0.1, -0.05) is 78.9 Å². The summed E-state index contributed by atoms with van der Waals surface area (Å²) in [6.07, 6.45) is 3.30. The molecule has 0 spiro atoms. The van der Waals surface area contributed by atoms with Crippen LogP contribution in [0, 0.1) is 0 Å². The van der Waals surface area contributed by atoms with Crippen molar-refractivity contribution >= 4 is 11.6 Å². The number of benzene rings is 3. The molecule has 2 aliphatic rings. The third-order valence-electron chi connectivity index (χ3n) is 6.66. The minimum atomic E-state index is -0.0818. The molecule has 0 N–H and O–H groups in total. The van der Waals surface area contributed by atoms with Crippen LogP contribution < -0.4 is 4.90 Å². The predicted octanol–water partition coefficient (Wildman–Crippen LogP) is 5.35. The third-order valence-corrected chi connectivity index (χ3v) is 6.66. The van der Waals surface area contributed by atoms with Crippen LogP contribution in [0.4, 0.5) is 5.69 Å². The SMILES string of the molecule is O=C1CCc2ccccc2N1C1CCN(C(OCc2ccccc2)c2ccccc2)CC1. The number of hydrogen-bond donors (Lipinski definition) is 0. The molecule has 3 aromatic rings. The molecule has 4 nitrogen and oxygen atoms in total. The highest BCUT2D eigenvalue weighted by molar-refractivity contribution is 5.97. The fourth-order valence-electron chi connectivity index (χ4n) is 5.01. The van der Waals surface area contributed by atoms with E-state index >= 15 is 0 Å². The summed E-state index contributed by atoms with van der Waals surface area (Å²) in [5.41, 5.74) is 4.77. The highest BCUT2D eigenvalue weighted by Crippen LogP contribution is 2.34. The van der Waals surface area contributed by atoms with Crippen molar-refractivity contribution in [3.05, 3.63) is 102 Å². The second-order valence-corrected chi connectivity index (χ2v) is 8.72. The van der Waals surface area contributed by atoms with Gasteiger partial charge in [-0.05, 0) is 42.0 Å². The number of anilines is 1. The summed E-state index contributed by atoms with van der Waals surface area (Å²) in [5.74, 6) is 0.266. The van der Waals surface area contributed by atoms with Crippen LogP contribution in [-0.2, 0) is 22.6 Å². The van der Waals surface area contributed by atoms with Gasteiger partial charge < -0.3 is 9.64 Å². The van der Waals surface area contributed by atoms with Gasteiger partial charge in [-0.15, -0.1) is 0 Å². The standard InChI is InChI=1S/C28H30N2O2/c31-27-16-15-23-11-7-8-14-26(23)30(27)25-17-19-29(20-18-25)28(24-12-5-2-6-13-24)32-21-22-9-3-1-4-10-22/h1-14,25,28H,15-21H2. The summed E-state index contributed by atoms with van der Waals surface area (Å²) in [4.78, 5) is 17.3. The quantitative estimate of drug-likeness (QED) is 0.533. The third kappa shape index (κ3) is 4.47. The van der Waals surface area contributed by atoms with Gasteiger partial charge in [0.15, 0.2) is 0 Å². The van der Waals surface area contributed by atoms with Crippen molar-refractivity contribution in [2.24, 2.45) is 0 Å². The van der Waals surface area contributed by atoms with E-state index in [1.165, 1.54) is 16.7 Å². The smallest absolute Gasteiger partial charge is 0.227 e. The molecule has 0 aromatic heterocycles. The number of fused-ring (bicyclic) bond motifs is 1. The normalized spacial score (nSPS) is 18.4. The molecule has 4 heteroatoms. The van der Waals surface area contributed by atoms with Crippen molar-refractivity contribution in [3.8, 4) is 0 Å². The maximum atomic E-state index is 12.8. The number of para-hydroxylation sites is 1. The number of carbonyl (C=O) groups excluding carboxylic acids is 1. The molecule has 1 unspecified atom stereocenters. The van der Waals surface area contributed by atoms with Crippen molar-refractivity contribution in [1.29, 1.82) is 0 Å². The van der Waals surface area contributed by atoms with Gasteiger partial charge in [0.25, 0.3) is 0 Å². The largest absolute Gasteiger partial charge is 0.354 e. The Balaban J connectivity index is 1.30. The van der Waals surface area contributed by atoms with Crippen LogP contribution in [0.2, 0.25) is 0 Å². The number of piperidine rings is 1. The van der Waals surface area contributed by atoms with E-state index < -0.39 is 0 Å². The Kier molecular flexibility index (Phi) is 6.33. The first-order valence-electron chi connectivity index (χ1n) is 11.6. The number of carbonyl (C=O) groups is 1. The lowest BCUT2D eigenvalue weighted by Crippen LogP contribution is -2.50. The Bertz CT molecular complexity index is 1030. The number of ether oxygens (including phenoxy) is 1. The Morgan fingerprint density at radius 2 is 1.47 bits per heavy atom. The van der Waals surface area contributed by atoms with E-state index in [9.17, 15) is 4.79 Å². The van der Waals surface area contributed by atoms with Crippen molar-refractivity contribution in [1.82, 2.24) is 4.90 Å². The van der Waals surface area contributed by atoms with Gasteiger partial charge in [-0.3, -0.25) is 9.69 Å². The highest BCUT2D eigenvalue weighted by atomic mass is 16.5. The van der Waals surface area contributed by atoms with Crippen LogP contribution in [0.5, 0.6) is 0 Å². The summed E-state index contributed by atoms with van der Waals surface area (Å²) in [6, 6.07) is 29.5. The van der Waals surface area contributed by atoms with Gasteiger partial charge in [-0.25, -0.2) is 0 Å². The van der Waals surface area contributed by atoms with Gasteiger partial charge >= 0.3 is 0 Å². The van der Waals surface area contributed by atoms with E-state index in [-0.39, 0.29) is 18.2 Å². The molecular weight excluding hydrogens is 396 g/mol. The maximum Gasteiger partial charge on any atom is 0.227 e. The molecule has 164 valence electrons. The minimum absolute atomic E-state index is 0.0818. The molecular formula is C28H30N2O2. The Morgan fingerprint density at radius 3 is 2.22 bits per heavy atom. The topological polar surface area (TPSA) is 32.8 Å². The number of nitrogens with zero attached hydrogens (tertiary/aromatic N) is 2. The molecule has 2 heterocycles. The molecule has 3 aromatic carbocycles. The lowest BCUT2D eigenvalue weighted by molar-refractivity contribution is -0.120. The van der Waals surface area contributed by atoms with Gasteiger partial charge in [0.1, 0.15) is 6.23 Å². The second kappa shape index (κ2) is 9.68. The summed E-state index contributed by atoms with van der Waals surface area (Å²) in [7, 11) is 0. The second-order valence-electron chi connectivity index (χ2n) is 8.72. The molecule has 32 heavy (non-hydrogen) atoms. The minimum Gasteiger partial charge on any atom is -0.354 e. The number of rotatable bonds is 6. The molecule has 1 amide bonds. The first-order chi connectivity index (χ1) is 15.8. The van der Waals surface area contributed by atoms with Crippen LogP contribution in [0.15, 0.2) is 84.9 Å². The first-order valence-corrected chi connectivity index (χ1v) is 11.6. The van der Waals surface area contributed by atoms with Crippen LogP contribution in [-0.4, -0.2) is 29.9 Å². The van der Waals surface area contributed by atoms with Crippen LogP contribution in [0.3, 0.4) is 0 Å². The summed E-state index contributed by atoms with van der Waals surface area (Å²) >= 11 is 0. The number of amides is 1. The fraction of sp³-hybridized carbons (Fsp3) is 0.321. The molecule has 1 saturated heterocycles.